The summed E-state index contributed by atoms with van der Waals surface area (Å²) in [5.74, 6) is -0.395. The van der Waals surface area contributed by atoms with Crippen LogP contribution < -0.4 is 14.4 Å². The molecule has 0 aliphatic rings. The summed E-state index contributed by atoms with van der Waals surface area (Å²) in [7, 11) is -4.22. The predicted octanol–water partition coefficient (Wildman–Crippen LogP) is 7.14. The fourth-order valence-corrected chi connectivity index (χ4v) is 6.86. The number of amides is 2. The third-order valence-corrected chi connectivity index (χ3v) is 10.0. The molecule has 0 fully saturated rings. The van der Waals surface area contributed by atoms with Crippen molar-refractivity contribution in [2.24, 2.45) is 0 Å². The number of ether oxygens (including phenoxy) is 1. The number of carbonyl (C=O) groups excluding carboxylic acids is 2. The molecule has 0 saturated heterocycles. The van der Waals surface area contributed by atoms with Crippen LogP contribution in [-0.2, 0) is 32.6 Å². The number of rotatable bonds is 15. The van der Waals surface area contributed by atoms with Gasteiger partial charge in [-0.15, -0.1) is 0 Å². The quantitative estimate of drug-likeness (QED) is 0.143. The van der Waals surface area contributed by atoms with E-state index in [2.05, 4.69) is 5.32 Å². The first-order valence-electron chi connectivity index (χ1n) is 15.4. The van der Waals surface area contributed by atoms with E-state index < -0.39 is 28.5 Å². The molecule has 4 aromatic rings. The van der Waals surface area contributed by atoms with Gasteiger partial charge in [-0.1, -0.05) is 84.7 Å². The van der Waals surface area contributed by atoms with Gasteiger partial charge >= 0.3 is 0 Å². The maximum Gasteiger partial charge on any atom is 0.264 e. The summed E-state index contributed by atoms with van der Waals surface area (Å²) in [6.07, 6.45) is 0.871. The Labute approximate surface area is 287 Å². The summed E-state index contributed by atoms with van der Waals surface area (Å²) in [5.41, 5.74) is 1.65. The van der Waals surface area contributed by atoms with Gasteiger partial charge in [0.2, 0.25) is 11.8 Å². The van der Waals surface area contributed by atoms with Crippen LogP contribution in [0.1, 0.15) is 38.3 Å². The minimum atomic E-state index is -4.22. The Morgan fingerprint density at radius 2 is 1.51 bits per heavy atom. The number of carbonyl (C=O) groups is 2. The van der Waals surface area contributed by atoms with Gasteiger partial charge in [0.15, 0.2) is 0 Å². The summed E-state index contributed by atoms with van der Waals surface area (Å²) >= 11 is 12.8. The zero-order chi connectivity index (χ0) is 34.0. The number of sulfonamides is 1. The van der Waals surface area contributed by atoms with Gasteiger partial charge in [-0.2, -0.15) is 0 Å². The summed E-state index contributed by atoms with van der Waals surface area (Å²) in [6, 6.07) is 27.5. The summed E-state index contributed by atoms with van der Waals surface area (Å²) in [5, 5.41) is 3.76. The van der Waals surface area contributed by atoms with E-state index >= 15 is 0 Å². The second-order valence-corrected chi connectivity index (χ2v) is 13.7. The predicted molar refractivity (Wildman–Crippen MR) is 187 cm³/mol. The first-order valence-corrected chi connectivity index (χ1v) is 17.6. The van der Waals surface area contributed by atoms with Crippen LogP contribution in [0.4, 0.5) is 5.69 Å². The van der Waals surface area contributed by atoms with E-state index in [0.717, 1.165) is 9.87 Å². The van der Waals surface area contributed by atoms with Crippen molar-refractivity contribution in [1.29, 1.82) is 0 Å². The van der Waals surface area contributed by atoms with Crippen molar-refractivity contribution in [3.05, 3.63) is 124 Å². The van der Waals surface area contributed by atoms with E-state index in [1.54, 1.807) is 60.7 Å². The Morgan fingerprint density at radius 1 is 0.872 bits per heavy atom. The molecular formula is C36H39Cl2N3O5S. The minimum absolute atomic E-state index is 0.0179. The molecule has 248 valence electrons. The van der Waals surface area contributed by atoms with Gasteiger partial charge in [0.25, 0.3) is 10.0 Å². The molecule has 4 rings (SSSR count). The number of hydrogen-bond acceptors (Lipinski definition) is 5. The van der Waals surface area contributed by atoms with Crippen LogP contribution in [0.25, 0.3) is 0 Å². The number of nitrogens with one attached hydrogen (secondary N) is 1. The first kappa shape index (κ1) is 35.8. The number of anilines is 1. The molecule has 0 saturated carbocycles. The monoisotopic (exact) mass is 695 g/mol. The zero-order valence-electron chi connectivity index (χ0n) is 26.6. The Balaban J connectivity index is 1.82. The van der Waals surface area contributed by atoms with E-state index in [1.165, 1.54) is 17.0 Å². The number of halogens is 2. The molecule has 11 heteroatoms. The molecule has 47 heavy (non-hydrogen) atoms. The van der Waals surface area contributed by atoms with Crippen molar-refractivity contribution < 1.29 is 22.7 Å². The smallest absolute Gasteiger partial charge is 0.264 e. The Morgan fingerprint density at radius 3 is 2.11 bits per heavy atom. The molecule has 0 aromatic heterocycles. The van der Waals surface area contributed by atoms with Crippen molar-refractivity contribution in [2.45, 2.75) is 57.1 Å². The normalized spacial score (nSPS) is 12.5. The minimum Gasteiger partial charge on any atom is -0.494 e. The summed E-state index contributed by atoms with van der Waals surface area (Å²) in [4.78, 5) is 30.0. The molecular weight excluding hydrogens is 657 g/mol. The van der Waals surface area contributed by atoms with Crippen LogP contribution in [0, 0.1) is 0 Å². The average Bonchev–Trinajstić information content (AvgIpc) is 3.07. The molecule has 0 unspecified atom stereocenters. The number of hydrogen-bond donors (Lipinski definition) is 1. The molecule has 0 radical (unpaired) electrons. The van der Waals surface area contributed by atoms with Gasteiger partial charge in [0, 0.05) is 29.1 Å². The Kier molecular flexibility index (Phi) is 12.7. The number of benzene rings is 4. The van der Waals surface area contributed by atoms with Gasteiger partial charge in [-0.3, -0.25) is 13.9 Å². The second kappa shape index (κ2) is 16.7. The van der Waals surface area contributed by atoms with Crippen molar-refractivity contribution in [2.75, 3.05) is 17.5 Å². The standard InChI is InChI=1S/C36H39Cl2N3O5S/c1-4-26(3)39-36(43)34(22-27-12-8-6-9-13-27)40(24-28-16-17-29(37)23-33(28)38)35(42)25-41(30-18-20-31(21-19-30)46-5-2)47(44,45)32-14-10-7-11-15-32/h6-21,23,26,34H,4-5,22,24-25H2,1-3H3,(H,39,43)/t26-,34+/m0/s1. The van der Waals surface area contributed by atoms with Gasteiger partial charge < -0.3 is 15.0 Å². The Bertz CT molecular complexity index is 1740. The number of nitrogens with zero attached hydrogens (tertiary/aromatic N) is 2. The lowest BCUT2D eigenvalue weighted by atomic mass is 10.0. The van der Waals surface area contributed by atoms with E-state index in [0.29, 0.717) is 34.4 Å². The fraction of sp³-hybridized carbons (Fsp3) is 0.278. The van der Waals surface area contributed by atoms with Crippen molar-refractivity contribution in [3.8, 4) is 5.75 Å². The van der Waals surface area contributed by atoms with E-state index in [9.17, 15) is 18.0 Å². The van der Waals surface area contributed by atoms with Gasteiger partial charge in [0.1, 0.15) is 18.3 Å². The third kappa shape index (κ3) is 9.50. The largest absolute Gasteiger partial charge is 0.494 e. The van der Waals surface area contributed by atoms with Crippen LogP contribution in [0.3, 0.4) is 0 Å². The molecule has 0 spiro atoms. The SMILES string of the molecule is CCOc1ccc(N(CC(=O)N(Cc2ccc(Cl)cc2Cl)[C@H](Cc2ccccc2)C(=O)N[C@@H](C)CC)S(=O)(=O)c2ccccc2)cc1. The van der Waals surface area contributed by atoms with Crippen LogP contribution in [-0.4, -0.2) is 50.4 Å². The molecule has 2 atom stereocenters. The highest BCUT2D eigenvalue weighted by Crippen LogP contribution is 2.28. The summed E-state index contributed by atoms with van der Waals surface area (Å²) in [6.45, 7) is 5.48. The second-order valence-electron chi connectivity index (χ2n) is 11.0. The highest BCUT2D eigenvalue weighted by molar-refractivity contribution is 7.92. The van der Waals surface area contributed by atoms with Gasteiger partial charge in [-0.05, 0) is 79.9 Å². The van der Waals surface area contributed by atoms with Crippen molar-refractivity contribution in [3.63, 3.8) is 0 Å². The maximum absolute atomic E-state index is 14.6. The van der Waals surface area contributed by atoms with E-state index in [-0.39, 0.29) is 35.5 Å². The van der Waals surface area contributed by atoms with E-state index in [1.807, 2.05) is 51.1 Å². The van der Waals surface area contributed by atoms with Crippen LogP contribution in [0.5, 0.6) is 5.75 Å². The molecule has 1 N–H and O–H groups in total. The van der Waals surface area contributed by atoms with Crippen molar-refractivity contribution in [1.82, 2.24) is 10.2 Å². The molecule has 0 bridgehead atoms. The highest BCUT2D eigenvalue weighted by Gasteiger charge is 2.35. The lowest BCUT2D eigenvalue weighted by Crippen LogP contribution is -2.54. The molecule has 0 aliphatic carbocycles. The van der Waals surface area contributed by atoms with Crippen molar-refractivity contribution >= 4 is 50.7 Å². The first-order chi connectivity index (χ1) is 22.5. The fourth-order valence-electron chi connectivity index (χ4n) is 4.95. The topological polar surface area (TPSA) is 96.0 Å². The molecule has 0 aliphatic heterocycles. The van der Waals surface area contributed by atoms with Gasteiger partial charge in [0.05, 0.1) is 17.2 Å². The third-order valence-electron chi connectivity index (χ3n) is 7.67. The maximum atomic E-state index is 14.6. The van der Waals surface area contributed by atoms with Gasteiger partial charge in [-0.25, -0.2) is 8.42 Å². The van der Waals surface area contributed by atoms with Crippen LogP contribution in [0.15, 0.2) is 108 Å². The highest BCUT2D eigenvalue weighted by atomic mass is 35.5. The summed E-state index contributed by atoms with van der Waals surface area (Å²) < 4.78 is 34.9. The van der Waals surface area contributed by atoms with Crippen LogP contribution in [0.2, 0.25) is 10.0 Å². The van der Waals surface area contributed by atoms with Crippen LogP contribution >= 0.6 is 23.2 Å². The zero-order valence-corrected chi connectivity index (χ0v) is 28.9. The lowest BCUT2D eigenvalue weighted by Gasteiger charge is -2.34. The molecule has 0 heterocycles. The molecule has 8 nitrogen and oxygen atoms in total. The van der Waals surface area contributed by atoms with E-state index in [4.69, 9.17) is 27.9 Å². The molecule has 4 aromatic carbocycles. The molecule has 2 amide bonds. The Hall–Kier alpha value is -4.05. The lowest BCUT2D eigenvalue weighted by molar-refractivity contribution is -0.140. The average molecular weight is 697 g/mol.